The number of hydrogen-bond donors (Lipinski definition) is 0. The van der Waals surface area contributed by atoms with Gasteiger partial charge in [0.05, 0.1) is 11.5 Å². The van der Waals surface area contributed by atoms with Gasteiger partial charge in [0.25, 0.3) is 0 Å². The van der Waals surface area contributed by atoms with Crippen LogP contribution in [0.4, 0.5) is 0 Å². The van der Waals surface area contributed by atoms with Crippen molar-refractivity contribution in [1.82, 2.24) is 0 Å². The van der Waals surface area contributed by atoms with Crippen molar-refractivity contribution in [1.29, 1.82) is 5.26 Å². The van der Waals surface area contributed by atoms with Crippen LogP contribution in [0.2, 0.25) is 0 Å². The molecule has 86 valence electrons. The lowest BCUT2D eigenvalue weighted by Crippen LogP contribution is -2.32. The number of nitrogens with zero attached hydrogens (tertiary/aromatic N) is 1. The van der Waals surface area contributed by atoms with Crippen LogP contribution >= 0.6 is 0 Å². The average molecular weight is 207 g/mol. The maximum atomic E-state index is 9.24. The molecule has 0 heterocycles. The quantitative estimate of drug-likeness (QED) is 0.578. The molecule has 0 aromatic heterocycles. The highest BCUT2D eigenvalue weighted by molar-refractivity contribution is 5.13. The van der Waals surface area contributed by atoms with Crippen molar-refractivity contribution in [3.8, 4) is 6.07 Å². The second-order valence-corrected chi connectivity index (χ2v) is 4.69. The molecule has 1 heteroatoms. The maximum absolute atomic E-state index is 9.24. The molecule has 1 fully saturated rings. The molecule has 0 aromatic rings. The van der Waals surface area contributed by atoms with E-state index in [1.807, 2.05) is 13.8 Å². The molecule has 1 aliphatic rings. The summed E-state index contributed by atoms with van der Waals surface area (Å²) in [6, 6.07) is 2.53. The monoisotopic (exact) mass is 207 g/mol. The molecule has 1 aliphatic carbocycles. The van der Waals surface area contributed by atoms with Gasteiger partial charge >= 0.3 is 0 Å². The van der Waals surface area contributed by atoms with E-state index in [2.05, 4.69) is 33.4 Å². The van der Waals surface area contributed by atoms with E-state index in [0.29, 0.717) is 11.8 Å². The van der Waals surface area contributed by atoms with Crippen molar-refractivity contribution in [3.63, 3.8) is 0 Å². The van der Waals surface area contributed by atoms with Gasteiger partial charge in [0, 0.05) is 0 Å². The van der Waals surface area contributed by atoms with Gasteiger partial charge in [-0.1, -0.05) is 46.8 Å². The van der Waals surface area contributed by atoms with E-state index in [-0.39, 0.29) is 5.41 Å². The van der Waals surface area contributed by atoms with Crippen LogP contribution in [0.3, 0.4) is 0 Å². The van der Waals surface area contributed by atoms with Crippen LogP contribution < -0.4 is 0 Å². The predicted octanol–water partition coefficient (Wildman–Crippen LogP) is 4.55. The van der Waals surface area contributed by atoms with Crippen molar-refractivity contribution in [2.45, 2.75) is 53.9 Å². The molecule has 0 spiro atoms. The Balaban J connectivity index is 0.000000921. The molecule has 2 unspecified atom stereocenters. The number of rotatable bonds is 1. The van der Waals surface area contributed by atoms with Crippen molar-refractivity contribution in [2.24, 2.45) is 17.3 Å². The molecular formula is C14H25N. The minimum absolute atomic E-state index is 0.0827. The molecule has 15 heavy (non-hydrogen) atoms. The normalized spacial score (nSPS) is 30.5. The van der Waals surface area contributed by atoms with Gasteiger partial charge in [0.15, 0.2) is 0 Å². The van der Waals surface area contributed by atoms with E-state index in [4.69, 9.17) is 0 Å². The number of hydrogen-bond acceptors (Lipinski definition) is 1. The molecule has 1 saturated carbocycles. The Morgan fingerprint density at radius 2 is 2.00 bits per heavy atom. The molecule has 0 aromatic carbocycles. The van der Waals surface area contributed by atoms with Crippen LogP contribution in [-0.4, -0.2) is 0 Å². The Labute approximate surface area is 95.2 Å². The average Bonchev–Trinajstić information content (AvgIpc) is 2.25. The summed E-state index contributed by atoms with van der Waals surface area (Å²) in [6.45, 7) is 14.5. The summed E-state index contributed by atoms with van der Waals surface area (Å²) in [5.41, 5.74) is 1.24. The Bertz CT molecular complexity index is 247. The smallest absolute Gasteiger partial charge is 0.0692 e. The molecule has 0 aliphatic heterocycles. The molecule has 0 saturated heterocycles. The van der Waals surface area contributed by atoms with Crippen LogP contribution in [-0.2, 0) is 0 Å². The number of nitriles is 1. The minimum atomic E-state index is -0.0827. The summed E-state index contributed by atoms with van der Waals surface area (Å²) < 4.78 is 0. The van der Waals surface area contributed by atoms with Crippen LogP contribution in [0.5, 0.6) is 0 Å². The van der Waals surface area contributed by atoms with Crippen molar-refractivity contribution >= 4 is 0 Å². The van der Waals surface area contributed by atoms with Crippen LogP contribution in [0, 0.1) is 28.6 Å². The van der Waals surface area contributed by atoms with Gasteiger partial charge in [-0.2, -0.15) is 5.26 Å². The first kappa shape index (κ1) is 14.2. The van der Waals surface area contributed by atoms with Crippen molar-refractivity contribution in [3.05, 3.63) is 12.2 Å². The van der Waals surface area contributed by atoms with Gasteiger partial charge in [-0.25, -0.2) is 0 Å². The highest BCUT2D eigenvalue weighted by Crippen LogP contribution is 2.45. The third kappa shape index (κ3) is 3.09. The highest BCUT2D eigenvalue weighted by atomic mass is 14.4. The second-order valence-electron chi connectivity index (χ2n) is 4.69. The topological polar surface area (TPSA) is 23.8 Å². The number of allylic oxidation sites excluding steroid dienone is 1. The van der Waals surface area contributed by atoms with E-state index < -0.39 is 0 Å². The summed E-state index contributed by atoms with van der Waals surface area (Å²) in [4.78, 5) is 0. The molecular weight excluding hydrogens is 182 g/mol. The standard InChI is InChI=1S/C12H19N.C2H6/c1-9(2)12(8-13)6-5-10(3)11(4)7-12;1-2/h9,11H,3,5-7H2,1-2,4H3;1-2H3. The van der Waals surface area contributed by atoms with Gasteiger partial charge < -0.3 is 0 Å². The lowest BCUT2D eigenvalue weighted by atomic mass is 9.64. The first-order chi connectivity index (χ1) is 7.02. The summed E-state index contributed by atoms with van der Waals surface area (Å²) in [7, 11) is 0. The van der Waals surface area contributed by atoms with Crippen LogP contribution in [0.25, 0.3) is 0 Å². The Morgan fingerprint density at radius 1 is 1.47 bits per heavy atom. The fourth-order valence-electron chi connectivity index (χ4n) is 2.18. The third-order valence-corrected chi connectivity index (χ3v) is 3.59. The van der Waals surface area contributed by atoms with E-state index in [9.17, 15) is 5.26 Å². The summed E-state index contributed by atoms with van der Waals surface area (Å²) in [5, 5.41) is 9.24. The van der Waals surface area contributed by atoms with E-state index in [1.165, 1.54) is 5.57 Å². The Morgan fingerprint density at radius 3 is 2.33 bits per heavy atom. The first-order valence-electron chi connectivity index (χ1n) is 6.11. The zero-order valence-electron chi connectivity index (χ0n) is 10.9. The fraction of sp³-hybridized carbons (Fsp3) is 0.786. The molecule has 0 N–H and O–H groups in total. The van der Waals surface area contributed by atoms with Crippen molar-refractivity contribution < 1.29 is 0 Å². The third-order valence-electron chi connectivity index (χ3n) is 3.59. The van der Waals surface area contributed by atoms with Crippen LogP contribution in [0.1, 0.15) is 53.9 Å². The second kappa shape index (κ2) is 5.95. The summed E-state index contributed by atoms with van der Waals surface area (Å²) in [6.07, 6.45) is 3.04. The van der Waals surface area contributed by atoms with Gasteiger partial charge in [-0.15, -0.1) is 0 Å². The summed E-state index contributed by atoms with van der Waals surface area (Å²) >= 11 is 0. The molecule has 0 amide bonds. The minimum Gasteiger partial charge on any atom is -0.198 e. The van der Waals surface area contributed by atoms with Crippen molar-refractivity contribution in [2.75, 3.05) is 0 Å². The van der Waals surface area contributed by atoms with Gasteiger partial charge in [-0.3, -0.25) is 0 Å². The van der Waals surface area contributed by atoms with E-state index in [1.54, 1.807) is 0 Å². The van der Waals surface area contributed by atoms with Gasteiger partial charge in [0.1, 0.15) is 0 Å². The zero-order valence-corrected chi connectivity index (χ0v) is 10.9. The zero-order chi connectivity index (χ0) is 12.1. The van der Waals surface area contributed by atoms with Crippen LogP contribution in [0.15, 0.2) is 12.2 Å². The Hall–Kier alpha value is -0.770. The van der Waals surface area contributed by atoms with E-state index >= 15 is 0 Å². The molecule has 0 bridgehead atoms. The lowest BCUT2D eigenvalue weighted by Gasteiger charge is -2.38. The highest BCUT2D eigenvalue weighted by Gasteiger charge is 2.38. The van der Waals surface area contributed by atoms with Gasteiger partial charge in [0.2, 0.25) is 0 Å². The Kier molecular flexibility index (Phi) is 5.65. The van der Waals surface area contributed by atoms with E-state index in [0.717, 1.165) is 19.3 Å². The first-order valence-corrected chi connectivity index (χ1v) is 6.11. The SMILES string of the molecule is C=C1CCC(C#N)(C(C)C)CC1C.CC. The maximum Gasteiger partial charge on any atom is 0.0692 e. The van der Waals surface area contributed by atoms with Gasteiger partial charge in [-0.05, 0) is 31.1 Å². The largest absolute Gasteiger partial charge is 0.198 e. The molecule has 1 nitrogen and oxygen atoms in total. The lowest BCUT2D eigenvalue weighted by molar-refractivity contribution is 0.184. The predicted molar refractivity (Wildman–Crippen MR) is 66.4 cm³/mol. The molecule has 1 rings (SSSR count). The summed E-state index contributed by atoms with van der Waals surface area (Å²) in [5.74, 6) is 0.990. The fourth-order valence-corrected chi connectivity index (χ4v) is 2.18. The molecule has 0 radical (unpaired) electrons. The molecule has 2 atom stereocenters.